The molecule has 1 aromatic carbocycles. The van der Waals surface area contributed by atoms with Crippen molar-refractivity contribution >= 4 is 5.69 Å². The molecule has 81 valence electrons. The van der Waals surface area contributed by atoms with E-state index in [1.165, 1.54) is 12.1 Å². The fourth-order valence-electron chi connectivity index (χ4n) is 1.62. The van der Waals surface area contributed by atoms with Gasteiger partial charge in [-0.2, -0.15) is 0 Å². The zero-order chi connectivity index (χ0) is 10.7. The van der Waals surface area contributed by atoms with Gasteiger partial charge >= 0.3 is 0 Å². The third-order valence-electron chi connectivity index (χ3n) is 2.44. The highest BCUT2D eigenvalue weighted by atomic mass is 19.1. The number of nitrogens with two attached hydrogens (primary N) is 1. The summed E-state index contributed by atoms with van der Waals surface area (Å²) in [4.78, 5) is 0. The quantitative estimate of drug-likeness (QED) is 0.776. The minimum absolute atomic E-state index is 0.112. The van der Waals surface area contributed by atoms with Gasteiger partial charge in [0.2, 0.25) is 0 Å². The third kappa shape index (κ3) is 2.67. The Morgan fingerprint density at radius 2 is 2.33 bits per heavy atom. The van der Waals surface area contributed by atoms with Crippen LogP contribution in [0.25, 0.3) is 0 Å². The summed E-state index contributed by atoms with van der Waals surface area (Å²) >= 11 is 0. The van der Waals surface area contributed by atoms with Crippen LogP contribution in [0.3, 0.4) is 0 Å². The Labute approximate surface area is 88.4 Å². The molecule has 2 atom stereocenters. The van der Waals surface area contributed by atoms with Crippen LogP contribution < -0.4 is 11.1 Å². The third-order valence-corrected chi connectivity index (χ3v) is 2.44. The van der Waals surface area contributed by atoms with Crippen LogP contribution in [0, 0.1) is 12.4 Å². The van der Waals surface area contributed by atoms with E-state index in [0.717, 1.165) is 12.1 Å². The molecule has 1 heterocycles. The first kappa shape index (κ1) is 10.4. The SMILES string of the molecule is NC1[CH]OCCC1Nc1cccc(F)c1. The number of anilines is 1. The lowest BCUT2D eigenvalue weighted by atomic mass is 10.0. The largest absolute Gasteiger partial charge is 0.380 e. The predicted molar refractivity (Wildman–Crippen MR) is 56.7 cm³/mol. The molecule has 0 bridgehead atoms. The van der Waals surface area contributed by atoms with Crippen LogP contribution in [0.4, 0.5) is 10.1 Å². The average Bonchev–Trinajstić information content (AvgIpc) is 2.22. The first-order chi connectivity index (χ1) is 7.25. The highest BCUT2D eigenvalue weighted by Crippen LogP contribution is 2.16. The molecule has 0 aromatic heterocycles. The maximum atomic E-state index is 12.9. The van der Waals surface area contributed by atoms with Crippen molar-refractivity contribution in [1.82, 2.24) is 0 Å². The van der Waals surface area contributed by atoms with E-state index in [1.54, 1.807) is 12.7 Å². The number of halogens is 1. The smallest absolute Gasteiger partial charge is 0.125 e. The molecule has 0 amide bonds. The first-order valence-corrected chi connectivity index (χ1v) is 4.98. The van der Waals surface area contributed by atoms with E-state index in [-0.39, 0.29) is 17.9 Å². The molecule has 1 aliphatic heterocycles. The minimum atomic E-state index is -0.246. The topological polar surface area (TPSA) is 47.3 Å². The monoisotopic (exact) mass is 209 g/mol. The lowest BCUT2D eigenvalue weighted by Gasteiger charge is -2.29. The van der Waals surface area contributed by atoms with Crippen molar-refractivity contribution in [1.29, 1.82) is 0 Å². The molecule has 1 saturated heterocycles. The van der Waals surface area contributed by atoms with Gasteiger partial charge in [0, 0.05) is 18.3 Å². The second-order valence-electron chi connectivity index (χ2n) is 3.63. The molecule has 4 heteroatoms. The van der Waals surface area contributed by atoms with Gasteiger partial charge < -0.3 is 15.8 Å². The number of hydrogen-bond donors (Lipinski definition) is 2. The Kier molecular flexibility index (Phi) is 3.18. The van der Waals surface area contributed by atoms with Gasteiger partial charge in [-0.05, 0) is 24.6 Å². The van der Waals surface area contributed by atoms with Crippen molar-refractivity contribution in [3.05, 3.63) is 36.7 Å². The van der Waals surface area contributed by atoms with E-state index < -0.39 is 0 Å². The Hall–Kier alpha value is -1.13. The lowest BCUT2D eigenvalue weighted by Crippen LogP contribution is -2.45. The molecule has 0 saturated carbocycles. The van der Waals surface area contributed by atoms with E-state index in [4.69, 9.17) is 10.5 Å². The highest BCUT2D eigenvalue weighted by Gasteiger charge is 2.22. The number of nitrogens with one attached hydrogen (secondary N) is 1. The minimum Gasteiger partial charge on any atom is -0.380 e. The molecular formula is C11H14FN2O. The van der Waals surface area contributed by atoms with Crippen LogP contribution in [0.5, 0.6) is 0 Å². The van der Waals surface area contributed by atoms with E-state index in [2.05, 4.69) is 5.32 Å². The summed E-state index contributed by atoms with van der Waals surface area (Å²) in [6, 6.07) is 6.34. The second-order valence-corrected chi connectivity index (χ2v) is 3.63. The summed E-state index contributed by atoms with van der Waals surface area (Å²) in [6.45, 7) is 2.28. The van der Waals surface area contributed by atoms with Crippen LogP contribution in [0.1, 0.15) is 6.42 Å². The molecule has 1 fully saturated rings. The normalized spacial score (nSPS) is 26.3. The summed E-state index contributed by atoms with van der Waals surface area (Å²) in [5, 5.41) is 3.20. The van der Waals surface area contributed by atoms with E-state index >= 15 is 0 Å². The summed E-state index contributed by atoms with van der Waals surface area (Å²) < 4.78 is 18.0. The van der Waals surface area contributed by atoms with Gasteiger partial charge in [-0.1, -0.05) is 6.07 Å². The number of rotatable bonds is 2. The van der Waals surface area contributed by atoms with E-state index in [0.29, 0.717) is 6.61 Å². The van der Waals surface area contributed by atoms with Gasteiger partial charge in [0.15, 0.2) is 0 Å². The van der Waals surface area contributed by atoms with Crippen LogP contribution in [-0.2, 0) is 4.74 Å². The summed E-state index contributed by atoms with van der Waals surface area (Å²) in [5.74, 6) is -0.246. The van der Waals surface area contributed by atoms with Crippen LogP contribution in [0.15, 0.2) is 24.3 Å². The highest BCUT2D eigenvalue weighted by molar-refractivity contribution is 5.44. The number of hydrogen-bond acceptors (Lipinski definition) is 3. The van der Waals surface area contributed by atoms with Crippen molar-refractivity contribution in [2.24, 2.45) is 5.73 Å². The zero-order valence-electron chi connectivity index (χ0n) is 8.32. The molecule has 0 aliphatic carbocycles. The van der Waals surface area contributed by atoms with Crippen molar-refractivity contribution in [2.45, 2.75) is 18.5 Å². The van der Waals surface area contributed by atoms with Gasteiger partial charge in [0.25, 0.3) is 0 Å². The van der Waals surface area contributed by atoms with Gasteiger partial charge in [-0.3, -0.25) is 0 Å². The summed E-state index contributed by atoms with van der Waals surface area (Å²) in [6.07, 6.45) is 0.828. The van der Waals surface area contributed by atoms with Crippen LogP contribution >= 0.6 is 0 Å². The van der Waals surface area contributed by atoms with Crippen molar-refractivity contribution in [3.8, 4) is 0 Å². The van der Waals surface area contributed by atoms with Crippen molar-refractivity contribution in [2.75, 3.05) is 11.9 Å². The standard InChI is InChI=1S/C11H14FN2O/c12-8-2-1-3-9(6-8)14-11-4-5-15-7-10(11)13/h1-3,6-7,10-11,14H,4-5,13H2. The zero-order valence-corrected chi connectivity index (χ0v) is 8.32. The van der Waals surface area contributed by atoms with Crippen LogP contribution in [0.2, 0.25) is 0 Å². The van der Waals surface area contributed by atoms with Gasteiger partial charge in [0.1, 0.15) is 12.4 Å². The lowest BCUT2D eigenvalue weighted by molar-refractivity contribution is 0.134. The fourth-order valence-corrected chi connectivity index (χ4v) is 1.62. The molecular weight excluding hydrogens is 195 g/mol. The van der Waals surface area contributed by atoms with Crippen molar-refractivity contribution < 1.29 is 9.13 Å². The van der Waals surface area contributed by atoms with E-state index in [1.807, 2.05) is 6.07 Å². The molecule has 3 nitrogen and oxygen atoms in total. The Balaban J connectivity index is 2.01. The first-order valence-electron chi connectivity index (χ1n) is 4.98. The van der Waals surface area contributed by atoms with Gasteiger partial charge in [0.05, 0.1) is 6.04 Å². The molecule has 0 spiro atoms. The molecule has 3 N–H and O–H groups in total. The molecule has 1 radical (unpaired) electrons. The number of ether oxygens (including phenoxy) is 1. The molecule has 2 unspecified atom stereocenters. The Bertz CT molecular complexity index is 332. The molecule has 1 aliphatic rings. The average molecular weight is 209 g/mol. The molecule has 15 heavy (non-hydrogen) atoms. The van der Waals surface area contributed by atoms with Crippen LogP contribution in [-0.4, -0.2) is 18.7 Å². The van der Waals surface area contributed by atoms with E-state index in [9.17, 15) is 4.39 Å². The molecule has 1 aromatic rings. The van der Waals surface area contributed by atoms with Gasteiger partial charge in [-0.15, -0.1) is 0 Å². The summed E-state index contributed by atoms with van der Waals surface area (Å²) in [7, 11) is 0. The predicted octanol–water partition coefficient (Wildman–Crippen LogP) is 1.52. The van der Waals surface area contributed by atoms with Crippen molar-refractivity contribution in [3.63, 3.8) is 0 Å². The maximum absolute atomic E-state index is 12.9. The number of benzene rings is 1. The second kappa shape index (κ2) is 4.59. The molecule has 2 rings (SSSR count). The fraction of sp³-hybridized carbons (Fsp3) is 0.364. The maximum Gasteiger partial charge on any atom is 0.125 e. The van der Waals surface area contributed by atoms with Gasteiger partial charge in [-0.25, -0.2) is 4.39 Å². The Morgan fingerprint density at radius 3 is 3.07 bits per heavy atom. The summed E-state index contributed by atoms with van der Waals surface area (Å²) in [5.41, 5.74) is 6.58. The Morgan fingerprint density at radius 1 is 1.47 bits per heavy atom.